The Kier molecular flexibility index (Phi) is 7.31. The first-order valence-electron chi connectivity index (χ1n) is 8.57. The number of halogens is 3. The highest BCUT2D eigenvalue weighted by Gasteiger charge is 2.16. The van der Waals surface area contributed by atoms with E-state index in [0.29, 0.717) is 16.7 Å². The number of ether oxygens (including phenoxy) is 1. The molecule has 0 aliphatic rings. The highest BCUT2D eigenvalue weighted by Crippen LogP contribution is 2.28. The minimum absolute atomic E-state index is 0.00690. The van der Waals surface area contributed by atoms with E-state index in [0.717, 1.165) is 17.8 Å². The topological polar surface area (TPSA) is 112 Å². The number of nitrogens with one attached hydrogen (secondary N) is 1. The van der Waals surface area contributed by atoms with Crippen LogP contribution in [0.25, 0.3) is 0 Å². The number of nitro benzene ring substituents is 1. The van der Waals surface area contributed by atoms with Gasteiger partial charge in [-0.05, 0) is 30.3 Å². The number of rotatable bonds is 8. The van der Waals surface area contributed by atoms with Gasteiger partial charge in [-0.1, -0.05) is 35.0 Å². The number of amides is 1. The number of thioether (sulfide) groups is 1. The average Bonchev–Trinajstić information content (AvgIpc) is 3.06. The molecule has 1 amide bonds. The van der Waals surface area contributed by atoms with Crippen molar-refractivity contribution in [3.8, 4) is 5.75 Å². The first-order valence-corrected chi connectivity index (χ1v) is 10.3. The molecule has 1 heterocycles. The maximum Gasteiger partial charge on any atom is 0.289 e. The Labute approximate surface area is 189 Å². The minimum Gasteiger partial charge on any atom is -0.484 e. The summed E-state index contributed by atoms with van der Waals surface area (Å²) in [6.45, 7) is 0.0377. The molecule has 0 fully saturated rings. The third-order valence-corrected chi connectivity index (χ3v) is 5.57. The fraction of sp³-hybridized carbons (Fsp3) is 0.167. The quantitative estimate of drug-likeness (QED) is 0.284. The zero-order chi connectivity index (χ0) is 22.5. The van der Waals surface area contributed by atoms with Crippen molar-refractivity contribution < 1.29 is 18.8 Å². The van der Waals surface area contributed by atoms with Gasteiger partial charge in [-0.2, -0.15) is 0 Å². The molecule has 0 aliphatic heterocycles. The monoisotopic (exact) mass is 485 g/mol. The van der Waals surface area contributed by atoms with E-state index in [4.69, 9.17) is 27.9 Å². The Morgan fingerprint density at radius 1 is 1.26 bits per heavy atom. The van der Waals surface area contributed by atoms with Crippen LogP contribution in [-0.2, 0) is 18.4 Å². The van der Waals surface area contributed by atoms with Gasteiger partial charge in [0.15, 0.2) is 11.0 Å². The van der Waals surface area contributed by atoms with Crippen molar-refractivity contribution in [2.24, 2.45) is 7.05 Å². The molecule has 0 unspecified atom stereocenters. The lowest BCUT2D eigenvalue weighted by molar-refractivity contribution is -0.384. The fourth-order valence-electron chi connectivity index (χ4n) is 2.39. The zero-order valence-corrected chi connectivity index (χ0v) is 18.2. The molecule has 0 saturated heterocycles. The molecule has 1 aromatic heterocycles. The van der Waals surface area contributed by atoms with Gasteiger partial charge < -0.3 is 14.6 Å². The largest absolute Gasteiger partial charge is 0.484 e. The van der Waals surface area contributed by atoms with Gasteiger partial charge in [0, 0.05) is 18.8 Å². The van der Waals surface area contributed by atoms with Crippen LogP contribution < -0.4 is 10.1 Å². The number of benzene rings is 2. The Morgan fingerprint density at radius 2 is 2.03 bits per heavy atom. The lowest BCUT2D eigenvalue weighted by Gasteiger charge is -2.08. The van der Waals surface area contributed by atoms with Crippen LogP contribution >= 0.6 is 35.0 Å². The maximum absolute atomic E-state index is 13.1. The van der Waals surface area contributed by atoms with E-state index in [1.165, 1.54) is 30.3 Å². The van der Waals surface area contributed by atoms with Crippen LogP contribution in [0.5, 0.6) is 5.75 Å². The van der Waals surface area contributed by atoms with E-state index in [-0.39, 0.29) is 39.7 Å². The van der Waals surface area contributed by atoms with E-state index >= 15 is 0 Å². The van der Waals surface area contributed by atoms with Gasteiger partial charge in [0.1, 0.15) is 23.2 Å². The van der Waals surface area contributed by atoms with Crippen LogP contribution in [0.3, 0.4) is 0 Å². The first kappa shape index (κ1) is 22.8. The van der Waals surface area contributed by atoms with Gasteiger partial charge in [-0.15, -0.1) is 10.2 Å². The van der Waals surface area contributed by atoms with Gasteiger partial charge in [-0.3, -0.25) is 14.9 Å². The van der Waals surface area contributed by atoms with Crippen molar-refractivity contribution in [2.75, 3.05) is 11.1 Å². The van der Waals surface area contributed by atoms with E-state index in [1.807, 2.05) is 0 Å². The molecule has 162 valence electrons. The summed E-state index contributed by atoms with van der Waals surface area (Å²) in [5.74, 6) is -0.0948. The number of hydrogen-bond donors (Lipinski definition) is 1. The molecule has 0 radical (unpaired) electrons. The van der Waals surface area contributed by atoms with Crippen LogP contribution in [0.2, 0.25) is 10.0 Å². The molecule has 31 heavy (non-hydrogen) atoms. The number of hydrogen-bond acceptors (Lipinski definition) is 7. The molecule has 0 saturated carbocycles. The highest BCUT2D eigenvalue weighted by molar-refractivity contribution is 7.99. The second kappa shape index (κ2) is 9.94. The lowest BCUT2D eigenvalue weighted by Crippen LogP contribution is -2.14. The van der Waals surface area contributed by atoms with Crippen LogP contribution in [0.4, 0.5) is 15.8 Å². The number of carbonyl (C=O) groups is 1. The van der Waals surface area contributed by atoms with Crippen molar-refractivity contribution in [1.82, 2.24) is 14.8 Å². The Morgan fingerprint density at radius 3 is 2.74 bits per heavy atom. The standard InChI is InChI=1S/C18H14Cl2FN5O4S/c1-25-16(8-30-15-5-2-10(21)6-13(15)20)23-24-18(25)31-9-17(27)22-11-3-4-12(19)14(7-11)26(28)29/h2-7H,8-9H2,1H3,(H,22,27). The second-order valence-corrected chi connectivity index (χ2v) is 7.84. The number of anilines is 1. The molecule has 13 heteroatoms. The van der Waals surface area contributed by atoms with Crippen LogP contribution in [0, 0.1) is 15.9 Å². The summed E-state index contributed by atoms with van der Waals surface area (Å²) in [6, 6.07) is 7.77. The van der Waals surface area contributed by atoms with Gasteiger partial charge >= 0.3 is 0 Å². The summed E-state index contributed by atoms with van der Waals surface area (Å²) < 4.78 is 20.3. The summed E-state index contributed by atoms with van der Waals surface area (Å²) in [6.07, 6.45) is 0. The summed E-state index contributed by atoms with van der Waals surface area (Å²) in [5.41, 5.74) is -0.0451. The number of nitro groups is 1. The molecule has 0 aliphatic carbocycles. The summed E-state index contributed by atoms with van der Waals surface area (Å²) in [7, 11) is 1.70. The number of nitrogens with zero attached hydrogens (tertiary/aromatic N) is 4. The molecule has 9 nitrogen and oxygen atoms in total. The van der Waals surface area contributed by atoms with E-state index < -0.39 is 10.7 Å². The van der Waals surface area contributed by atoms with Crippen molar-refractivity contribution in [3.63, 3.8) is 0 Å². The van der Waals surface area contributed by atoms with Crippen LogP contribution in [-0.4, -0.2) is 31.3 Å². The van der Waals surface area contributed by atoms with Crippen LogP contribution in [0.15, 0.2) is 41.6 Å². The van der Waals surface area contributed by atoms with Gasteiger partial charge in [0.05, 0.1) is 15.7 Å². The molecular formula is C18H14Cl2FN5O4S. The van der Waals surface area contributed by atoms with Crippen LogP contribution in [0.1, 0.15) is 5.82 Å². The summed E-state index contributed by atoms with van der Waals surface area (Å²) in [4.78, 5) is 22.5. The van der Waals surface area contributed by atoms with E-state index in [1.54, 1.807) is 11.6 Å². The maximum atomic E-state index is 13.1. The molecule has 0 bridgehead atoms. The molecule has 3 aromatic rings. The fourth-order valence-corrected chi connectivity index (χ4v) is 3.53. The summed E-state index contributed by atoms with van der Waals surface area (Å²) >= 11 is 12.8. The third-order valence-electron chi connectivity index (χ3n) is 3.93. The Hall–Kier alpha value is -2.89. The molecule has 1 N–H and O–H groups in total. The predicted octanol–water partition coefficient (Wildman–Crippen LogP) is 4.48. The molecule has 2 aromatic carbocycles. The van der Waals surface area contributed by atoms with E-state index in [2.05, 4.69) is 15.5 Å². The Balaban J connectivity index is 1.56. The van der Waals surface area contributed by atoms with Gasteiger partial charge in [0.2, 0.25) is 5.91 Å². The normalized spacial score (nSPS) is 10.7. The Bertz CT molecular complexity index is 1140. The SMILES string of the molecule is Cn1c(COc2ccc(F)cc2Cl)nnc1SCC(=O)Nc1ccc(Cl)c([N+](=O)[O-])c1. The molecule has 0 spiro atoms. The molecular weight excluding hydrogens is 472 g/mol. The average molecular weight is 486 g/mol. The third kappa shape index (κ3) is 5.84. The smallest absolute Gasteiger partial charge is 0.289 e. The second-order valence-electron chi connectivity index (χ2n) is 6.08. The molecule has 0 atom stereocenters. The van der Waals surface area contributed by atoms with Crippen molar-refractivity contribution in [1.29, 1.82) is 0 Å². The predicted molar refractivity (Wildman–Crippen MR) is 114 cm³/mol. The van der Waals surface area contributed by atoms with E-state index in [9.17, 15) is 19.3 Å². The van der Waals surface area contributed by atoms with Gasteiger partial charge in [-0.25, -0.2) is 4.39 Å². The molecule has 3 rings (SSSR count). The highest BCUT2D eigenvalue weighted by atomic mass is 35.5. The van der Waals surface area contributed by atoms with Gasteiger partial charge in [0.25, 0.3) is 5.69 Å². The first-order chi connectivity index (χ1) is 14.7. The lowest BCUT2D eigenvalue weighted by atomic mass is 10.3. The van der Waals surface area contributed by atoms with Crippen molar-refractivity contribution >= 4 is 52.2 Å². The number of carbonyl (C=O) groups excluding carboxylic acids is 1. The summed E-state index contributed by atoms with van der Waals surface area (Å²) in [5, 5.41) is 22.1. The van der Waals surface area contributed by atoms with Crippen molar-refractivity contribution in [3.05, 3.63) is 68.2 Å². The zero-order valence-electron chi connectivity index (χ0n) is 15.8. The number of aromatic nitrogens is 3. The minimum atomic E-state index is -0.630. The van der Waals surface area contributed by atoms with Crippen molar-refractivity contribution in [2.45, 2.75) is 11.8 Å².